The van der Waals surface area contributed by atoms with Gasteiger partial charge in [0.25, 0.3) is 5.91 Å². The Morgan fingerprint density at radius 3 is 2.47 bits per heavy atom. The molecular weight excluding hydrogens is 440 g/mol. The summed E-state index contributed by atoms with van der Waals surface area (Å²) in [6.07, 6.45) is 1.08. The molecule has 1 fully saturated rings. The molecule has 1 aliphatic heterocycles. The van der Waals surface area contributed by atoms with Gasteiger partial charge in [-0.15, -0.1) is 0 Å². The molecule has 5 rings (SSSR count). The van der Waals surface area contributed by atoms with E-state index in [1.54, 1.807) is 0 Å². The molecule has 6 nitrogen and oxygen atoms in total. The third-order valence-corrected chi connectivity index (χ3v) is 7.28. The number of nitrogens with zero attached hydrogens (tertiary/aromatic N) is 3. The summed E-state index contributed by atoms with van der Waals surface area (Å²) >= 11 is 2.69. The molecule has 1 saturated heterocycles. The second kappa shape index (κ2) is 8.90. The van der Waals surface area contributed by atoms with Crippen LogP contribution in [0.4, 0.5) is 5.69 Å². The Hall–Kier alpha value is -2.94. The van der Waals surface area contributed by atoms with Gasteiger partial charge in [-0.05, 0) is 66.8 Å². The van der Waals surface area contributed by atoms with Crippen LogP contribution in [0.3, 0.4) is 0 Å². The molecule has 1 amide bonds. The average molecular weight is 463 g/mol. The van der Waals surface area contributed by atoms with Crippen LogP contribution < -0.4 is 4.72 Å². The first-order chi connectivity index (χ1) is 15.6. The van der Waals surface area contributed by atoms with Gasteiger partial charge < -0.3 is 14.7 Å². The fourth-order valence-electron chi connectivity index (χ4n) is 3.96. The van der Waals surface area contributed by atoms with Crippen molar-refractivity contribution < 1.29 is 9.90 Å². The number of likely N-dealkylation sites (tertiary alicyclic amines) is 1. The van der Waals surface area contributed by atoms with E-state index in [1.165, 1.54) is 23.7 Å². The zero-order valence-electron chi connectivity index (χ0n) is 17.3. The zero-order valence-corrected chi connectivity index (χ0v) is 18.9. The molecule has 2 heterocycles. The molecule has 0 radical (unpaired) electrons. The van der Waals surface area contributed by atoms with Crippen molar-refractivity contribution in [3.63, 3.8) is 0 Å². The number of anilines is 1. The maximum absolute atomic E-state index is 13.0. The Morgan fingerprint density at radius 1 is 0.969 bits per heavy atom. The molecule has 162 valence electrons. The maximum Gasteiger partial charge on any atom is 0.253 e. The van der Waals surface area contributed by atoms with Crippen LogP contribution in [0.2, 0.25) is 0 Å². The van der Waals surface area contributed by atoms with Gasteiger partial charge in [-0.2, -0.15) is 8.75 Å². The minimum absolute atomic E-state index is 0.00219. The first kappa shape index (κ1) is 20.9. The molecule has 0 saturated carbocycles. The van der Waals surface area contributed by atoms with Gasteiger partial charge in [-0.25, -0.2) is 0 Å². The molecule has 2 N–H and O–H groups in total. The van der Waals surface area contributed by atoms with E-state index < -0.39 is 5.60 Å². The van der Waals surface area contributed by atoms with Gasteiger partial charge in [0.2, 0.25) is 0 Å². The minimum atomic E-state index is -0.862. The van der Waals surface area contributed by atoms with Crippen LogP contribution >= 0.6 is 23.7 Å². The number of carbonyl (C=O) groups is 1. The van der Waals surface area contributed by atoms with Crippen molar-refractivity contribution in [2.24, 2.45) is 0 Å². The van der Waals surface area contributed by atoms with E-state index in [-0.39, 0.29) is 5.91 Å². The topological polar surface area (TPSA) is 78.4 Å². The molecule has 3 aromatic carbocycles. The van der Waals surface area contributed by atoms with E-state index in [0.717, 1.165) is 27.2 Å². The highest BCUT2D eigenvalue weighted by Crippen LogP contribution is 2.33. The predicted octanol–water partition coefficient (Wildman–Crippen LogP) is 4.93. The highest BCUT2D eigenvalue weighted by atomic mass is 32.2. The highest BCUT2D eigenvalue weighted by molar-refractivity contribution is 8.00. The molecule has 1 aliphatic rings. The van der Waals surface area contributed by atoms with Crippen molar-refractivity contribution in [1.82, 2.24) is 13.6 Å². The molecule has 4 aromatic rings. The Kier molecular flexibility index (Phi) is 5.82. The Morgan fingerprint density at radius 2 is 1.72 bits per heavy atom. The molecule has 0 bridgehead atoms. The fraction of sp³-hybridized carbons (Fsp3) is 0.208. The van der Waals surface area contributed by atoms with Crippen molar-refractivity contribution in [3.05, 3.63) is 83.9 Å². The van der Waals surface area contributed by atoms with Gasteiger partial charge in [0.05, 0.1) is 22.2 Å². The summed E-state index contributed by atoms with van der Waals surface area (Å²) in [6, 6.07) is 23.1. The number of rotatable bonds is 5. The van der Waals surface area contributed by atoms with Crippen LogP contribution in [-0.2, 0) is 5.60 Å². The lowest BCUT2D eigenvalue weighted by Gasteiger charge is -2.38. The molecule has 0 unspecified atom stereocenters. The third-order valence-electron chi connectivity index (χ3n) is 5.85. The van der Waals surface area contributed by atoms with Crippen LogP contribution in [0, 0.1) is 0 Å². The van der Waals surface area contributed by atoms with Crippen LogP contribution in [0.5, 0.6) is 0 Å². The summed E-state index contributed by atoms with van der Waals surface area (Å²) in [5.41, 5.74) is 3.40. The van der Waals surface area contributed by atoms with Crippen molar-refractivity contribution in [3.8, 4) is 0 Å². The first-order valence-electron chi connectivity index (χ1n) is 10.4. The molecule has 8 heteroatoms. The van der Waals surface area contributed by atoms with Crippen molar-refractivity contribution in [2.75, 3.05) is 17.8 Å². The quantitative estimate of drug-likeness (QED) is 0.409. The predicted molar refractivity (Wildman–Crippen MR) is 129 cm³/mol. The van der Waals surface area contributed by atoms with Crippen LogP contribution in [-0.4, -0.2) is 37.8 Å². The van der Waals surface area contributed by atoms with Crippen molar-refractivity contribution in [2.45, 2.75) is 23.3 Å². The number of benzene rings is 3. The smallest absolute Gasteiger partial charge is 0.253 e. The van der Waals surface area contributed by atoms with Crippen molar-refractivity contribution >= 4 is 46.3 Å². The van der Waals surface area contributed by atoms with E-state index in [4.69, 9.17) is 0 Å². The molecule has 32 heavy (non-hydrogen) atoms. The standard InChI is InChI=1S/C24H22N4O2S2/c29-23(28-15-13-24(30,14-16-28)18-5-2-1-3-6-18)17-9-11-19(12-10-17)25-31-21-8-4-7-20-22(21)27-32-26-20/h1-12,25,30H,13-16H2. The molecule has 0 aliphatic carbocycles. The molecule has 1 aromatic heterocycles. The zero-order chi connectivity index (χ0) is 22.0. The average Bonchev–Trinajstić information content (AvgIpc) is 3.33. The van der Waals surface area contributed by atoms with E-state index in [1.807, 2.05) is 77.7 Å². The Bertz CT molecular complexity index is 1220. The second-order valence-corrected chi connectivity index (χ2v) is 9.24. The normalized spacial score (nSPS) is 15.6. The van der Waals surface area contributed by atoms with Crippen LogP contribution in [0.1, 0.15) is 28.8 Å². The Labute approximate surface area is 194 Å². The fourth-order valence-corrected chi connectivity index (χ4v) is 5.32. The van der Waals surface area contributed by atoms with Crippen LogP contribution in [0.25, 0.3) is 11.0 Å². The van der Waals surface area contributed by atoms with E-state index >= 15 is 0 Å². The summed E-state index contributed by atoms with van der Waals surface area (Å²) in [7, 11) is 0. The van der Waals surface area contributed by atoms with Gasteiger partial charge in [-0.1, -0.05) is 36.4 Å². The van der Waals surface area contributed by atoms with Gasteiger partial charge in [0.15, 0.2) is 0 Å². The number of aromatic nitrogens is 2. The lowest BCUT2D eigenvalue weighted by atomic mass is 9.84. The number of amides is 1. The number of hydrogen-bond acceptors (Lipinski definition) is 7. The van der Waals surface area contributed by atoms with Gasteiger partial charge in [0, 0.05) is 24.3 Å². The van der Waals surface area contributed by atoms with E-state index in [9.17, 15) is 9.90 Å². The van der Waals surface area contributed by atoms with Crippen LogP contribution in [0.15, 0.2) is 77.7 Å². The number of fused-ring (bicyclic) bond motifs is 1. The Balaban J connectivity index is 1.20. The summed E-state index contributed by atoms with van der Waals surface area (Å²) in [5.74, 6) is -0.00219. The van der Waals surface area contributed by atoms with Gasteiger partial charge in [-0.3, -0.25) is 4.79 Å². The lowest BCUT2D eigenvalue weighted by molar-refractivity contribution is -0.0211. The summed E-state index contributed by atoms with van der Waals surface area (Å²) in [4.78, 5) is 15.8. The van der Waals surface area contributed by atoms with Gasteiger partial charge in [0.1, 0.15) is 11.0 Å². The number of piperidine rings is 1. The monoisotopic (exact) mass is 462 g/mol. The molecule has 0 spiro atoms. The van der Waals surface area contributed by atoms with Gasteiger partial charge >= 0.3 is 0 Å². The number of aliphatic hydroxyl groups is 1. The summed E-state index contributed by atoms with van der Waals surface area (Å²) in [6.45, 7) is 1.07. The number of hydrogen-bond donors (Lipinski definition) is 2. The van der Waals surface area contributed by atoms with E-state index in [0.29, 0.717) is 31.5 Å². The molecule has 0 atom stereocenters. The van der Waals surface area contributed by atoms with Crippen molar-refractivity contribution in [1.29, 1.82) is 0 Å². The lowest BCUT2D eigenvalue weighted by Crippen LogP contribution is -2.45. The minimum Gasteiger partial charge on any atom is -0.385 e. The highest BCUT2D eigenvalue weighted by Gasteiger charge is 2.35. The summed E-state index contributed by atoms with van der Waals surface area (Å²) < 4.78 is 11.9. The second-order valence-electron chi connectivity index (χ2n) is 7.86. The number of carbonyl (C=O) groups excluding carboxylic acids is 1. The SMILES string of the molecule is O=C(c1ccc(NSc2cccc3nsnc23)cc1)N1CCC(O)(c2ccccc2)CC1. The maximum atomic E-state index is 13.0. The third kappa shape index (κ3) is 4.21. The first-order valence-corrected chi connectivity index (χ1v) is 12.0. The van der Waals surface area contributed by atoms with E-state index in [2.05, 4.69) is 13.5 Å². The summed E-state index contributed by atoms with van der Waals surface area (Å²) in [5, 5.41) is 11.0. The largest absolute Gasteiger partial charge is 0.385 e. The number of nitrogens with one attached hydrogen (secondary N) is 1. The molecular formula is C24H22N4O2S2.